The van der Waals surface area contributed by atoms with Crippen molar-refractivity contribution < 1.29 is 29.3 Å². The minimum atomic E-state index is -1.38. The number of carbonyl (C=O) groups excluding carboxylic acids is 2. The van der Waals surface area contributed by atoms with Gasteiger partial charge in [-0.1, -0.05) is 18.2 Å². The van der Waals surface area contributed by atoms with Gasteiger partial charge in [-0.05, 0) is 18.6 Å². The van der Waals surface area contributed by atoms with Crippen molar-refractivity contribution >= 4 is 11.9 Å². The highest BCUT2D eigenvalue weighted by Crippen LogP contribution is 2.23. The van der Waals surface area contributed by atoms with Crippen LogP contribution in [0, 0.1) is 0 Å². The Morgan fingerprint density at radius 2 is 1.90 bits per heavy atom. The van der Waals surface area contributed by atoms with Crippen LogP contribution in [0.1, 0.15) is 35.4 Å². The molecule has 2 N–H and O–H groups in total. The molecular formula is C14H18O6. The predicted molar refractivity (Wildman–Crippen MR) is 70.0 cm³/mol. The molecule has 0 fully saturated rings. The van der Waals surface area contributed by atoms with E-state index < -0.39 is 24.1 Å². The molecule has 0 aromatic heterocycles. The standard InChI is InChI=1S/C14H18O6/c1-3-20-12(16)8-11(15)13(17)9-6-4-5-7-10(9)14(18)19-2/h4-7,11,13,15,17H,3,8H2,1-2H3. The topological polar surface area (TPSA) is 93.1 Å². The molecule has 0 saturated carbocycles. The van der Waals surface area contributed by atoms with Gasteiger partial charge in [0.2, 0.25) is 0 Å². The number of carbonyl (C=O) groups is 2. The van der Waals surface area contributed by atoms with Crippen molar-refractivity contribution in [3.8, 4) is 0 Å². The molecule has 0 spiro atoms. The van der Waals surface area contributed by atoms with E-state index in [0.29, 0.717) is 0 Å². The lowest BCUT2D eigenvalue weighted by Gasteiger charge is -2.19. The summed E-state index contributed by atoms with van der Waals surface area (Å²) in [6.07, 6.45) is -3.10. The van der Waals surface area contributed by atoms with Gasteiger partial charge < -0.3 is 19.7 Å². The summed E-state index contributed by atoms with van der Waals surface area (Å²) in [5, 5.41) is 19.9. The number of rotatable bonds is 6. The number of aliphatic hydroxyl groups excluding tert-OH is 2. The van der Waals surface area contributed by atoms with Crippen LogP contribution in [0.4, 0.5) is 0 Å². The number of hydrogen-bond donors (Lipinski definition) is 2. The van der Waals surface area contributed by atoms with Gasteiger partial charge in [0.05, 0.1) is 31.8 Å². The molecule has 2 atom stereocenters. The van der Waals surface area contributed by atoms with Gasteiger partial charge in [-0.25, -0.2) is 4.79 Å². The minimum absolute atomic E-state index is 0.144. The number of methoxy groups -OCH3 is 1. The molecule has 1 aromatic carbocycles. The second kappa shape index (κ2) is 7.62. The Kier molecular flexibility index (Phi) is 6.14. The Morgan fingerprint density at radius 3 is 2.50 bits per heavy atom. The van der Waals surface area contributed by atoms with Crippen LogP contribution in [0.5, 0.6) is 0 Å². The lowest BCUT2D eigenvalue weighted by molar-refractivity contribution is -0.147. The van der Waals surface area contributed by atoms with E-state index >= 15 is 0 Å². The quantitative estimate of drug-likeness (QED) is 0.750. The van der Waals surface area contributed by atoms with E-state index in [9.17, 15) is 19.8 Å². The number of aliphatic hydroxyl groups is 2. The Bertz CT molecular complexity index is 470. The first kappa shape index (κ1) is 16.1. The molecule has 110 valence electrons. The molecule has 20 heavy (non-hydrogen) atoms. The molecule has 0 radical (unpaired) electrons. The average molecular weight is 282 g/mol. The zero-order chi connectivity index (χ0) is 15.1. The molecule has 0 aliphatic carbocycles. The van der Waals surface area contributed by atoms with Gasteiger partial charge in [0, 0.05) is 0 Å². The fourth-order valence-electron chi connectivity index (χ4n) is 1.76. The summed E-state index contributed by atoms with van der Waals surface area (Å²) in [6, 6.07) is 6.19. The monoisotopic (exact) mass is 282 g/mol. The van der Waals surface area contributed by atoms with Gasteiger partial charge in [-0.15, -0.1) is 0 Å². The zero-order valence-corrected chi connectivity index (χ0v) is 11.4. The molecule has 0 amide bonds. The third kappa shape index (κ3) is 4.04. The molecule has 0 aliphatic heterocycles. The van der Waals surface area contributed by atoms with Crippen LogP contribution < -0.4 is 0 Å². The summed E-state index contributed by atoms with van der Waals surface area (Å²) in [6.45, 7) is 1.84. The third-order valence-corrected chi connectivity index (χ3v) is 2.73. The summed E-state index contributed by atoms with van der Waals surface area (Å²) in [5.74, 6) is -1.24. The maximum Gasteiger partial charge on any atom is 0.338 e. The van der Waals surface area contributed by atoms with Crippen LogP contribution in [-0.4, -0.2) is 42.0 Å². The summed E-state index contributed by atoms with van der Waals surface area (Å²) < 4.78 is 9.30. The first-order chi connectivity index (χ1) is 9.51. The summed E-state index contributed by atoms with van der Waals surface area (Å²) in [7, 11) is 1.22. The van der Waals surface area contributed by atoms with Crippen LogP contribution in [0.2, 0.25) is 0 Å². The Morgan fingerprint density at radius 1 is 1.25 bits per heavy atom. The Labute approximate surface area is 116 Å². The Balaban J connectivity index is 2.88. The van der Waals surface area contributed by atoms with Gasteiger partial charge in [0.25, 0.3) is 0 Å². The molecule has 0 heterocycles. The van der Waals surface area contributed by atoms with E-state index in [-0.39, 0.29) is 24.2 Å². The smallest absolute Gasteiger partial charge is 0.338 e. The van der Waals surface area contributed by atoms with E-state index in [4.69, 9.17) is 4.74 Å². The molecule has 0 bridgehead atoms. The molecule has 1 aromatic rings. The number of ether oxygens (including phenoxy) is 2. The Hall–Kier alpha value is -1.92. The minimum Gasteiger partial charge on any atom is -0.466 e. The highest BCUT2D eigenvalue weighted by atomic mass is 16.5. The van der Waals surface area contributed by atoms with Gasteiger partial charge >= 0.3 is 11.9 Å². The number of hydrogen-bond acceptors (Lipinski definition) is 6. The van der Waals surface area contributed by atoms with Crippen LogP contribution >= 0.6 is 0 Å². The van der Waals surface area contributed by atoms with Crippen molar-refractivity contribution in [1.82, 2.24) is 0 Å². The lowest BCUT2D eigenvalue weighted by Crippen LogP contribution is -2.24. The van der Waals surface area contributed by atoms with Crippen molar-refractivity contribution in [2.45, 2.75) is 25.6 Å². The van der Waals surface area contributed by atoms with E-state index in [0.717, 1.165) is 0 Å². The van der Waals surface area contributed by atoms with E-state index in [1.165, 1.54) is 19.2 Å². The molecule has 0 saturated heterocycles. The first-order valence-corrected chi connectivity index (χ1v) is 6.20. The maximum absolute atomic E-state index is 11.6. The molecular weight excluding hydrogens is 264 g/mol. The number of benzene rings is 1. The van der Waals surface area contributed by atoms with Crippen LogP contribution in [0.25, 0.3) is 0 Å². The molecule has 1 rings (SSSR count). The van der Waals surface area contributed by atoms with Crippen molar-refractivity contribution in [2.75, 3.05) is 13.7 Å². The van der Waals surface area contributed by atoms with Crippen molar-refractivity contribution in [1.29, 1.82) is 0 Å². The van der Waals surface area contributed by atoms with Gasteiger partial charge in [-0.3, -0.25) is 4.79 Å². The summed E-state index contributed by atoms with van der Waals surface area (Å²) in [5.41, 5.74) is 0.349. The fourth-order valence-corrected chi connectivity index (χ4v) is 1.76. The highest BCUT2D eigenvalue weighted by molar-refractivity contribution is 5.91. The predicted octanol–water partition coefficient (Wildman–Crippen LogP) is 0.821. The van der Waals surface area contributed by atoms with Gasteiger partial charge in [-0.2, -0.15) is 0 Å². The molecule has 6 heteroatoms. The molecule has 2 unspecified atom stereocenters. The van der Waals surface area contributed by atoms with Crippen LogP contribution in [-0.2, 0) is 14.3 Å². The van der Waals surface area contributed by atoms with E-state index in [2.05, 4.69) is 4.74 Å². The highest BCUT2D eigenvalue weighted by Gasteiger charge is 2.26. The summed E-state index contributed by atoms with van der Waals surface area (Å²) in [4.78, 5) is 22.9. The SMILES string of the molecule is CCOC(=O)CC(O)C(O)c1ccccc1C(=O)OC. The average Bonchev–Trinajstić information content (AvgIpc) is 2.45. The van der Waals surface area contributed by atoms with E-state index in [1.54, 1.807) is 19.1 Å². The lowest BCUT2D eigenvalue weighted by atomic mass is 9.97. The normalized spacial score (nSPS) is 13.4. The maximum atomic E-state index is 11.6. The fraction of sp³-hybridized carbons (Fsp3) is 0.429. The van der Waals surface area contributed by atoms with Crippen LogP contribution in [0.3, 0.4) is 0 Å². The largest absolute Gasteiger partial charge is 0.466 e. The van der Waals surface area contributed by atoms with Crippen molar-refractivity contribution in [3.05, 3.63) is 35.4 Å². The first-order valence-electron chi connectivity index (χ1n) is 6.20. The zero-order valence-electron chi connectivity index (χ0n) is 11.4. The second-order valence-electron chi connectivity index (χ2n) is 4.10. The molecule has 0 aliphatic rings. The van der Waals surface area contributed by atoms with Crippen molar-refractivity contribution in [3.63, 3.8) is 0 Å². The summed E-state index contributed by atoms with van der Waals surface area (Å²) >= 11 is 0. The van der Waals surface area contributed by atoms with Crippen molar-refractivity contribution in [2.24, 2.45) is 0 Å². The number of esters is 2. The van der Waals surface area contributed by atoms with Crippen LogP contribution in [0.15, 0.2) is 24.3 Å². The molecule has 6 nitrogen and oxygen atoms in total. The second-order valence-corrected chi connectivity index (χ2v) is 4.10. The van der Waals surface area contributed by atoms with E-state index in [1.807, 2.05) is 0 Å². The third-order valence-electron chi connectivity index (χ3n) is 2.73. The van der Waals surface area contributed by atoms with Gasteiger partial charge in [0.15, 0.2) is 0 Å². The van der Waals surface area contributed by atoms with Gasteiger partial charge in [0.1, 0.15) is 6.10 Å².